The van der Waals surface area contributed by atoms with Crippen molar-refractivity contribution >= 4 is 34.4 Å². The molecule has 0 aliphatic carbocycles. The molecule has 0 radical (unpaired) electrons. The number of amides is 1. The number of halogens is 1. The molecule has 4 aromatic rings. The second kappa shape index (κ2) is 8.16. The fraction of sp³-hybridized carbons (Fsp3) is 0.136. The molecule has 0 spiro atoms. The van der Waals surface area contributed by atoms with Crippen LogP contribution in [-0.2, 0) is 4.79 Å². The number of anilines is 1. The van der Waals surface area contributed by atoms with Crippen molar-refractivity contribution in [3.05, 3.63) is 82.0 Å². The molecule has 0 unspecified atom stereocenters. The molecule has 30 heavy (non-hydrogen) atoms. The second-order valence-electron chi connectivity index (χ2n) is 6.93. The van der Waals surface area contributed by atoms with Gasteiger partial charge >= 0.3 is 0 Å². The number of thioether (sulfide) groups is 1. The van der Waals surface area contributed by atoms with Crippen LogP contribution in [0, 0.1) is 19.7 Å². The fourth-order valence-corrected chi connectivity index (χ4v) is 3.95. The molecular formula is C22H19FN4O2S. The van der Waals surface area contributed by atoms with Crippen LogP contribution < -0.4 is 10.9 Å². The van der Waals surface area contributed by atoms with Crippen LogP contribution in [0.4, 0.5) is 10.1 Å². The topological polar surface area (TPSA) is 79.8 Å². The highest BCUT2D eigenvalue weighted by atomic mass is 32.2. The number of hydrogen-bond acceptors (Lipinski definition) is 4. The molecular weight excluding hydrogens is 403 g/mol. The van der Waals surface area contributed by atoms with Crippen LogP contribution in [0.25, 0.3) is 16.7 Å². The van der Waals surface area contributed by atoms with E-state index in [1.54, 1.807) is 6.07 Å². The first-order valence-corrected chi connectivity index (χ1v) is 10.3. The molecule has 2 N–H and O–H groups in total. The average molecular weight is 422 g/mol. The Balaban J connectivity index is 1.66. The van der Waals surface area contributed by atoms with Gasteiger partial charge < -0.3 is 10.3 Å². The molecule has 1 amide bonds. The Morgan fingerprint density at radius 2 is 1.93 bits per heavy atom. The smallest absolute Gasteiger partial charge is 0.283 e. The summed E-state index contributed by atoms with van der Waals surface area (Å²) in [6.45, 7) is 3.79. The van der Waals surface area contributed by atoms with E-state index >= 15 is 0 Å². The summed E-state index contributed by atoms with van der Waals surface area (Å²) in [5.74, 6) is -0.546. The van der Waals surface area contributed by atoms with Gasteiger partial charge in [0.1, 0.15) is 11.3 Å². The quantitative estimate of drug-likeness (QED) is 0.373. The minimum Gasteiger partial charge on any atom is -0.353 e. The number of aryl methyl sites for hydroxylation is 2. The summed E-state index contributed by atoms with van der Waals surface area (Å²) in [7, 11) is 0. The Kier molecular flexibility index (Phi) is 5.41. The maximum Gasteiger partial charge on any atom is 0.283 e. The summed E-state index contributed by atoms with van der Waals surface area (Å²) in [6.07, 6.45) is 0. The van der Waals surface area contributed by atoms with E-state index in [2.05, 4.69) is 15.3 Å². The normalized spacial score (nSPS) is 11.0. The van der Waals surface area contributed by atoms with E-state index in [0.29, 0.717) is 27.6 Å². The zero-order valence-electron chi connectivity index (χ0n) is 16.4. The van der Waals surface area contributed by atoms with Crippen LogP contribution in [0.1, 0.15) is 11.3 Å². The van der Waals surface area contributed by atoms with Crippen LogP contribution in [0.5, 0.6) is 0 Å². The van der Waals surface area contributed by atoms with E-state index in [1.807, 2.05) is 38.1 Å². The predicted molar refractivity (Wildman–Crippen MR) is 117 cm³/mol. The van der Waals surface area contributed by atoms with Crippen LogP contribution in [0.2, 0.25) is 0 Å². The van der Waals surface area contributed by atoms with E-state index in [9.17, 15) is 14.0 Å². The Bertz CT molecular complexity index is 1290. The van der Waals surface area contributed by atoms with E-state index in [0.717, 1.165) is 23.0 Å². The molecule has 152 valence electrons. The first-order chi connectivity index (χ1) is 14.4. The van der Waals surface area contributed by atoms with Gasteiger partial charge in [0.25, 0.3) is 5.56 Å². The van der Waals surface area contributed by atoms with Crippen molar-refractivity contribution in [3.63, 3.8) is 0 Å². The second-order valence-corrected chi connectivity index (χ2v) is 7.87. The Labute approximate surface area is 176 Å². The van der Waals surface area contributed by atoms with Gasteiger partial charge in [-0.3, -0.25) is 14.2 Å². The van der Waals surface area contributed by atoms with E-state index in [-0.39, 0.29) is 17.2 Å². The summed E-state index contributed by atoms with van der Waals surface area (Å²) in [6, 6.07) is 14.9. The van der Waals surface area contributed by atoms with Gasteiger partial charge in [0.2, 0.25) is 5.91 Å². The number of benzene rings is 2. The summed E-state index contributed by atoms with van der Waals surface area (Å²) in [5.41, 5.74) is 3.62. The number of aromatic nitrogens is 3. The molecule has 2 aromatic carbocycles. The molecule has 0 bridgehead atoms. The molecule has 2 heterocycles. The summed E-state index contributed by atoms with van der Waals surface area (Å²) < 4.78 is 14.8. The van der Waals surface area contributed by atoms with Crippen molar-refractivity contribution in [1.82, 2.24) is 14.5 Å². The molecule has 4 rings (SSSR count). The fourth-order valence-electron chi connectivity index (χ4n) is 3.14. The average Bonchev–Trinajstić information content (AvgIpc) is 3.08. The third-order valence-corrected chi connectivity index (χ3v) is 5.41. The third-order valence-electron chi connectivity index (χ3n) is 4.47. The molecule has 6 nitrogen and oxygen atoms in total. The number of fused-ring (bicyclic) bond motifs is 1. The lowest BCUT2D eigenvalue weighted by Crippen LogP contribution is -2.23. The Hall–Kier alpha value is -3.39. The molecule has 0 aliphatic rings. The molecule has 0 saturated carbocycles. The monoisotopic (exact) mass is 422 g/mol. The molecule has 0 saturated heterocycles. The standard InChI is InChI=1S/C22H19FN4O2S/c1-13-4-3-5-16(10-13)25-19(28)12-30-22-26-18-11-14(2)24-20(18)21(29)27(22)17-8-6-15(23)7-9-17/h3-11,24H,12H2,1-2H3,(H,25,28). The van der Waals surface area contributed by atoms with Gasteiger partial charge in [-0.2, -0.15) is 0 Å². The lowest BCUT2D eigenvalue weighted by molar-refractivity contribution is -0.113. The van der Waals surface area contributed by atoms with Crippen molar-refractivity contribution < 1.29 is 9.18 Å². The summed E-state index contributed by atoms with van der Waals surface area (Å²) >= 11 is 1.15. The van der Waals surface area contributed by atoms with Crippen LogP contribution in [-0.4, -0.2) is 26.2 Å². The number of nitrogens with one attached hydrogen (secondary N) is 2. The summed E-state index contributed by atoms with van der Waals surface area (Å²) in [4.78, 5) is 33.1. The van der Waals surface area contributed by atoms with Gasteiger partial charge in [-0.15, -0.1) is 0 Å². The molecule has 0 atom stereocenters. The predicted octanol–water partition coefficient (Wildman–Crippen LogP) is 4.20. The van der Waals surface area contributed by atoms with Gasteiger partial charge in [-0.1, -0.05) is 23.9 Å². The summed E-state index contributed by atoms with van der Waals surface area (Å²) in [5, 5.41) is 3.20. The maximum atomic E-state index is 13.4. The van der Waals surface area contributed by atoms with Gasteiger partial charge in [-0.05, 0) is 61.9 Å². The van der Waals surface area contributed by atoms with Crippen LogP contribution in [0.15, 0.2) is 64.5 Å². The lowest BCUT2D eigenvalue weighted by Gasteiger charge is -2.12. The first kappa shape index (κ1) is 19.9. The zero-order valence-corrected chi connectivity index (χ0v) is 17.2. The van der Waals surface area contributed by atoms with Gasteiger partial charge in [-0.25, -0.2) is 9.37 Å². The van der Waals surface area contributed by atoms with Crippen molar-refractivity contribution in [2.45, 2.75) is 19.0 Å². The van der Waals surface area contributed by atoms with Crippen LogP contribution >= 0.6 is 11.8 Å². The van der Waals surface area contributed by atoms with Crippen molar-refractivity contribution in [3.8, 4) is 5.69 Å². The number of rotatable bonds is 5. The molecule has 8 heteroatoms. The van der Waals surface area contributed by atoms with E-state index < -0.39 is 5.82 Å². The van der Waals surface area contributed by atoms with Crippen LogP contribution in [0.3, 0.4) is 0 Å². The number of hydrogen-bond donors (Lipinski definition) is 2. The SMILES string of the molecule is Cc1cccc(NC(=O)CSc2nc3cc(C)[nH]c3c(=O)n2-c2ccc(F)cc2)c1. The highest BCUT2D eigenvalue weighted by Gasteiger charge is 2.16. The lowest BCUT2D eigenvalue weighted by atomic mass is 10.2. The van der Waals surface area contributed by atoms with Gasteiger partial charge in [0, 0.05) is 11.4 Å². The maximum absolute atomic E-state index is 13.4. The Morgan fingerprint density at radius 3 is 2.67 bits per heavy atom. The van der Waals surface area contributed by atoms with Gasteiger partial charge in [0.05, 0.1) is 17.0 Å². The number of H-pyrrole nitrogens is 1. The molecule has 2 aromatic heterocycles. The molecule has 0 fully saturated rings. The molecule has 0 aliphatic heterocycles. The third kappa shape index (κ3) is 4.13. The number of carbonyl (C=O) groups excluding carboxylic acids is 1. The van der Waals surface area contributed by atoms with Crippen molar-refractivity contribution in [1.29, 1.82) is 0 Å². The highest BCUT2D eigenvalue weighted by Crippen LogP contribution is 2.22. The highest BCUT2D eigenvalue weighted by molar-refractivity contribution is 7.99. The number of aromatic amines is 1. The minimum atomic E-state index is -0.400. The number of carbonyl (C=O) groups is 1. The minimum absolute atomic E-state index is 0.0660. The largest absolute Gasteiger partial charge is 0.353 e. The van der Waals surface area contributed by atoms with E-state index in [1.165, 1.54) is 28.8 Å². The van der Waals surface area contributed by atoms with E-state index in [4.69, 9.17) is 0 Å². The van der Waals surface area contributed by atoms with Crippen molar-refractivity contribution in [2.24, 2.45) is 0 Å². The van der Waals surface area contributed by atoms with Gasteiger partial charge in [0.15, 0.2) is 5.16 Å². The number of nitrogens with zero attached hydrogens (tertiary/aromatic N) is 2. The Morgan fingerprint density at radius 1 is 1.17 bits per heavy atom. The first-order valence-electron chi connectivity index (χ1n) is 9.28. The zero-order chi connectivity index (χ0) is 21.3. The van der Waals surface area contributed by atoms with Crippen molar-refractivity contribution in [2.75, 3.05) is 11.1 Å².